The van der Waals surface area contributed by atoms with Crippen LogP contribution in [0.2, 0.25) is 0 Å². The number of hydrogen-bond acceptors (Lipinski definition) is 5. The summed E-state index contributed by atoms with van der Waals surface area (Å²) in [4.78, 5) is 10.5. The lowest BCUT2D eigenvalue weighted by atomic mass is 9.82. The van der Waals surface area contributed by atoms with Crippen molar-refractivity contribution in [2.24, 2.45) is 5.73 Å². The number of fused-ring (bicyclic) bond motifs is 3. The van der Waals surface area contributed by atoms with Gasteiger partial charge in [-0.1, -0.05) is 48.5 Å². The summed E-state index contributed by atoms with van der Waals surface area (Å²) >= 11 is 0. The molecule has 1 atom stereocenters. The van der Waals surface area contributed by atoms with E-state index < -0.39 is 10.8 Å². The first-order chi connectivity index (χ1) is 12.6. The zero-order valence-corrected chi connectivity index (χ0v) is 13.5. The minimum Gasteiger partial charge on any atom is -0.440 e. The third-order valence-electron chi connectivity index (χ3n) is 4.54. The molecule has 3 aromatic rings. The van der Waals surface area contributed by atoms with Crippen LogP contribution in [0.1, 0.15) is 17.0 Å². The highest BCUT2D eigenvalue weighted by molar-refractivity contribution is 5.90. The smallest absolute Gasteiger partial charge is 0.269 e. The normalized spacial score (nSPS) is 15.9. The van der Waals surface area contributed by atoms with Crippen LogP contribution in [-0.2, 0) is 0 Å². The van der Waals surface area contributed by atoms with Crippen LogP contribution in [0.4, 0.5) is 5.69 Å². The van der Waals surface area contributed by atoms with Crippen LogP contribution in [0.5, 0.6) is 5.75 Å². The summed E-state index contributed by atoms with van der Waals surface area (Å²) in [5, 5.41) is 22.4. The second-order valence-electron chi connectivity index (χ2n) is 5.98. The molecule has 0 saturated heterocycles. The standard InChI is InChI=1S/C20H13N3O3/c21-11-17-18(13-5-8-14(9-6-13)23(24)25)16-10-7-12-3-1-2-4-15(12)19(16)26-20(17)22/h1-10,18H,22H2. The number of allylic oxidation sites excluding steroid dienone is 1. The van der Waals surface area contributed by atoms with Gasteiger partial charge in [-0.05, 0) is 10.9 Å². The predicted octanol–water partition coefficient (Wildman–Crippen LogP) is 3.97. The SMILES string of the molecule is N#CC1=C(N)Oc2c(ccc3ccccc23)C1c1ccc([N+](=O)[O-])cc1. The van der Waals surface area contributed by atoms with E-state index in [2.05, 4.69) is 6.07 Å². The summed E-state index contributed by atoms with van der Waals surface area (Å²) in [6, 6.07) is 19.9. The average molecular weight is 343 g/mol. The molecule has 1 aliphatic heterocycles. The maximum absolute atomic E-state index is 10.9. The number of non-ortho nitro benzene ring substituents is 1. The molecular weight excluding hydrogens is 330 g/mol. The summed E-state index contributed by atoms with van der Waals surface area (Å²) in [6.07, 6.45) is 0. The number of nitro groups is 1. The zero-order valence-electron chi connectivity index (χ0n) is 13.5. The predicted molar refractivity (Wildman–Crippen MR) is 96.3 cm³/mol. The second kappa shape index (κ2) is 5.90. The summed E-state index contributed by atoms with van der Waals surface area (Å²) in [5.74, 6) is 0.233. The van der Waals surface area contributed by atoms with Crippen molar-refractivity contribution in [2.45, 2.75) is 5.92 Å². The van der Waals surface area contributed by atoms with Gasteiger partial charge in [0.05, 0.1) is 10.8 Å². The number of nitrogens with zero attached hydrogens (tertiary/aromatic N) is 2. The Hall–Kier alpha value is -3.85. The van der Waals surface area contributed by atoms with Crippen molar-refractivity contribution >= 4 is 16.5 Å². The molecule has 1 heterocycles. The number of nitriles is 1. The van der Waals surface area contributed by atoms with Crippen molar-refractivity contribution in [3.05, 3.63) is 93.4 Å². The third-order valence-corrected chi connectivity index (χ3v) is 4.54. The van der Waals surface area contributed by atoms with Crippen LogP contribution in [0.25, 0.3) is 10.8 Å². The van der Waals surface area contributed by atoms with Gasteiger partial charge in [-0.3, -0.25) is 10.1 Å². The van der Waals surface area contributed by atoms with E-state index in [1.54, 1.807) is 12.1 Å². The summed E-state index contributed by atoms with van der Waals surface area (Å²) in [7, 11) is 0. The van der Waals surface area contributed by atoms with Gasteiger partial charge in [-0.25, -0.2) is 0 Å². The number of rotatable bonds is 2. The molecule has 2 N–H and O–H groups in total. The fourth-order valence-corrected chi connectivity index (χ4v) is 3.32. The maximum atomic E-state index is 10.9. The summed E-state index contributed by atoms with van der Waals surface area (Å²) in [5.41, 5.74) is 7.87. The van der Waals surface area contributed by atoms with Crippen molar-refractivity contribution in [2.75, 3.05) is 0 Å². The lowest BCUT2D eigenvalue weighted by Crippen LogP contribution is -2.21. The van der Waals surface area contributed by atoms with Crippen molar-refractivity contribution in [1.82, 2.24) is 0 Å². The van der Waals surface area contributed by atoms with Crippen LogP contribution in [-0.4, -0.2) is 4.92 Å². The van der Waals surface area contributed by atoms with E-state index in [0.717, 1.165) is 21.9 Å². The molecule has 0 fully saturated rings. The Morgan fingerprint density at radius 3 is 2.50 bits per heavy atom. The second-order valence-corrected chi connectivity index (χ2v) is 5.98. The highest BCUT2D eigenvalue weighted by Gasteiger charge is 2.31. The molecule has 0 aromatic heterocycles. The van der Waals surface area contributed by atoms with E-state index >= 15 is 0 Å². The van der Waals surface area contributed by atoms with Crippen LogP contribution in [0.3, 0.4) is 0 Å². The van der Waals surface area contributed by atoms with E-state index in [0.29, 0.717) is 11.3 Å². The molecule has 4 rings (SSSR count). The van der Waals surface area contributed by atoms with Gasteiger partial charge in [-0.15, -0.1) is 0 Å². The molecule has 26 heavy (non-hydrogen) atoms. The summed E-state index contributed by atoms with van der Waals surface area (Å²) < 4.78 is 5.79. The molecule has 0 radical (unpaired) electrons. The molecule has 3 aromatic carbocycles. The van der Waals surface area contributed by atoms with Gasteiger partial charge in [-0.2, -0.15) is 5.26 Å². The van der Waals surface area contributed by atoms with E-state index in [1.165, 1.54) is 12.1 Å². The van der Waals surface area contributed by atoms with Gasteiger partial charge in [0.1, 0.15) is 17.4 Å². The number of hydrogen-bond donors (Lipinski definition) is 1. The van der Waals surface area contributed by atoms with Gasteiger partial charge in [0.2, 0.25) is 5.88 Å². The molecule has 0 aliphatic carbocycles. The monoisotopic (exact) mass is 343 g/mol. The lowest BCUT2D eigenvalue weighted by Gasteiger charge is -2.27. The maximum Gasteiger partial charge on any atom is 0.269 e. The first-order valence-corrected chi connectivity index (χ1v) is 7.93. The fourth-order valence-electron chi connectivity index (χ4n) is 3.32. The van der Waals surface area contributed by atoms with Crippen molar-refractivity contribution in [3.63, 3.8) is 0 Å². The van der Waals surface area contributed by atoms with Gasteiger partial charge in [0.15, 0.2) is 0 Å². The molecule has 6 heteroatoms. The van der Waals surface area contributed by atoms with Crippen molar-refractivity contribution < 1.29 is 9.66 Å². The molecule has 126 valence electrons. The lowest BCUT2D eigenvalue weighted by molar-refractivity contribution is -0.384. The molecule has 0 bridgehead atoms. The Balaban J connectivity index is 1.94. The quantitative estimate of drug-likeness (QED) is 0.560. The Bertz CT molecular complexity index is 1110. The van der Waals surface area contributed by atoms with Crippen molar-refractivity contribution in [3.8, 4) is 11.8 Å². The van der Waals surface area contributed by atoms with Gasteiger partial charge >= 0.3 is 0 Å². The Labute approximate surface area is 148 Å². The summed E-state index contributed by atoms with van der Waals surface area (Å²) in [6.45, 7) is 0. The first kappa shape index (κ1) is 15.7. The van der Waals surface area contributed by atoms with E-state index in [4.69, 9.17) is 10.5 Å². The molecule has 1 aliphatic rings. The largest absolute Gasteiger partial charge is 0.440 e. The Morgan fingerprint density at radius 1 is 1.08 bits per heavy atom. The van der Waals surface area contributed by atoms with E-state index in [-0.39, 0.29) is 11.6 Å². The fraction of sp³-hybridized carbons (Fsp3) is 0.0500. The van der Waals surface area contributed by atoms with Crippen LogP contribution < -0.4 is 10.5 Å². The van der Waals surface area contributed by atoms with Crippen molar-refractivity contribution in [1.29, 1.82) is 5.26 Å². The molecule has 0 saturated carbocycles. The molecule has 6 nitrogen and oxygen atoms in total. The van der Waals surface area contributed by atoms with Gasteiger partial charge in [0.25, 0.3) is 5.69 Å². The highest BCUT2D eigenvalue weighted by atomic mass is 16.6. The third kappa shape index (κ3) is 2.34. The Morgan fingerprint density at radius 2 is 1.81 bits per heavy atom. The van der Waals surface area contributed by atoms with Gasteiger partial charge < -0.3 is 10.5 Å². The number of nitro benzene ring substituents is 1. The molecule has 0 amide bonds. The molecular formula is C20H13N3O3. The minimum absolute atomic E-state index is 0.00463. The van der Waals surface area contributed by atoms with Gasteiger partial charge in [0, 0.05) is 23.1 Å². The first-order valence-electron chi connectivity index (χ1n) is 7.93. The van der Waals surface area contributed by atoms with E-state index in [9.17, 15) is 15.4 Å². The highest BCUT2D eigenvalue weighted by Crippen LogP contribution is 2.45. The number of benzene rings is 3. The van der Waals surface area contributed by atoms with E-state index in [1.807, 2.05) is 36.4 Å². The van der Waals surface area contributed by atoms with Crippen LogP contribution >= 0.6 is 0 Å². The number of nitrogens with two attached hydrogens (primary N) is 1. The Kier molecular flexibility index (Phi) is 3.55. The molecule has 0 spiro atoms. The van der Waals surface area contributed by atoms with Crippen LogP contribution in [0, 0.1) is 21.4 Å². The van der Waals surface area contributed by atoms with Crippen LogP contribution in [0.15, 0.2) is 72.1 Å². The zero-order chi connectivity index (χ0) is 18.3. The minimum atomic E-state index is -0.454. The molecule has 1 unspecified atom stereocenters. The average Bonchev–Trinajstić information content (AvgIpc) is 2.67. The number of ether oxygens (including phenoxy) is 1. The topological polar surface area (TPSA) is 102 Å².